The predicted molar refractivity (Wildman–Crippen MR) is 96.5 cm³/mol. The standard InChI is InChI=1S/C18H16F2O4S2/c1-11(18(22)15-8-5-13(19)9-16(15)20)25-10-17(21)12-3-6-14(7-4-12)26(2,23)24/h3-9,11H,10H2,1-2H3. The van der Waals surface area contributed by atoms with Gasteiger partial charge in [-0.15, -0.1) is 11.8 Å². The summed E-state index contributed by atoms with van der Waals surface area (Å²) in [6, 6.07) is 8.22. The lowest BCUT2D eigenvalue weighted by Crippen LogP contribution is -2.17. The summed E-state index contributed by atoms with van der Waals surface area (Å²) >= 11 is 1.03. The van der Waals surface area contributed by atoms with Crippen molar-refractivity contribution in [1.29, 1.82) is 0 Å². The average Bonchev–Trinajstić information content (AvgIpc) is 2.58. The van der Waals surface area contributed by atoms with E-state index in [1.807, 2.05) is 0 Å². The molecule has 0 saturated carbocycles. The van der Waals surface area contributed by atoms with E-state index in [4.69, 9.17) is 0 Å². The minimum absolute atomic E-state index is 0.0338. The van der Waals surface area contributed by atoms with E-state index in [2.05, 4.69) is 0 Å². The fraction of sp³-hybridized carbons (Fsp3) is 0.222. The van der Waals surface area contributed by atoms with Gasteiger partial charge in [0.15, 0.2) is 21.4 Å². The van der Waals surface area contributed by atoms with Gasteiger partial charge < -0.3 is 0 Å². The minimum Gasteiger partial charge on any atom is -0.293 e. The normalized spacial score (nSPS) is 12.6. The van der Waals surface area contributed by atoms with Crippen LogP contribution in [0.15, 0.2) is 47.4 Å². The van der Waals surface area contributed by atoms with Crippen molar-refractivity contribution in [3.05, 3.63) is 65.2 Å². The fourth-order valence-corrected chi connectivity index (χ4v) is 3.63. The second-order valence-corrected chi connectivity index (χ2v) is 9.01. The molecule has 1 unspecified atom stereocenters. The summed E-state index contributed by atoms with van der Waals surface area (Å²) < 4.78 is 49.4. The zero-order valence-corrected chi connectivity index (χ0v) is 15.7. The zero-order valence-electron chi connectivity index (χ0n) is 14.0. The van der Waals surface area contributed by atoms with Crippen molar-refractivity contribution in [2.45, 2.75) is 17.1 Å². The quantitative estimate of drug-likeness (QED) is 0.667. The van der Waals surface area contributed by atoms with Crippen LogP contribution in [0, 0.1) is 11.6 Å². The Kier molecular flexibility index (Phi) is 6.30. The number of Topliss-reactive ketones (excluding diaryl/α,β-unsaturated/α-hetero) is 2. The van der Waals surface area contributed by atoms with E-state index in [1.54, 1.807) is 0 Å². The van der Waals surface area contributed by atoms with Gasteiger partial charge in [-0.05, 0) is 31.2 Å². The highest BCUT2D eigenvalue weighted by atomic mass is 32.2. The van der Waals surface area contributed by atoms with Gasteiger partial charge >= 0.3 is 0 Å². The maximum atomic E-state index is 13.7. The van der Waals surface area contributed by atoms with Gasteiger partial charge in [-0.25, -0.2) is 17.2 Å². The summed E-state index contributed by atoms with van der Waals surface area (Å²) in [4.78, 5) is 24.5. The van der Waals surface area contributed by atoms with E-state index in [0.29, 0.717) is 11.6 Å². The third kappa shape index (κ3) is 4.98. The molecule has 0 heterocycles. The highest BCUT2D eigenvalue weighted by Crippen LogP contribution is 2.21. The van der Waals surface area contributed by atoms with Crippen LogP contribution in [0.1, 0.15) is 27.6 Å². The van der Waals surface area contributed by atoms with E-state index < -0.39 is 32.5 Å². The number of rotatable bonds is 7. The van der Waals surface area contributed by atoms with E-state index in [0.717, 1.165) is 30.2 Å². The number of ketones is 2. The Labute approximate surface area is 154 Å². The number of benzene rings is 2. The summed E-state index contributed by atoms with van der Waals surface area (Å²) in [5.74, 6) is -2.56. The molecule has 0 spiro atoms. The molecule has 0 fully saturated rings. The van der Waals surface area contributed by atoms with Crippen molar-refractivity contribution in [3.8, 4) is 0 Å². The largest absolute Gasteiger partial charge is 0.293 e. The number of hydrogen-bond acceptors (Lipinski definition) is 5. The van der Waals surface area contributed by atoms with E-state index in [9.17, 15) is 26.8 Å². The molecule has 0 saturated heterocycles. The summed E-state index contributed by atoms with van der Waals surface area (Å²) in [5, 5.41) is -0.700. The molecule has 8 heteroatoms. The first kappa shape index (κ1) is 20.3. The maximum absolute atomic E-state index is 13.7. The maximum Gasteiger partial charge on any atom is 0.178 e. The molecule has 0 amide bonds. The molecule has 0 aliphatic heterocycles. The third-order valence-electron chi connectivity index (χ3n) is 3.63. The molecule has 0 aliphatic rings. The van der Waals surface area contributed by atoms with Crippen LogP contribution in [0.5, 0.6) is 0 Å². The number of hydrogen-bond donors (Lipinski definition) is 0. The Morgan fingerprint density at radius 3 is 2.23 bits per heavy atom. The molecule has 0 bridgehead atoms. The van der Waals surface area contributed by atoms with Gasteiger partial charge in [0.1, 0.15) is 11.6 Å². The summed E-state index contributed by atoms with van der Waals surface area (Å²) in [6.45, 7) is 1.54. The van der Waals surface area contributed by atoms with Crippen LogP contribution in [0.3, 0.4) is 0 Å². The van der Waals surface area contributed by atoms with Crippen LogP contribution in [-0.2, 0) is 9.84 Å². The molecule has 4 nitrogen and oxygen atoms in total. The first-order valence-corrected chi connectivity index (χ1v) is 10.5. The van der Waals surface area contributed by atoms with Crippen molar-refractivity contribution in [2.24, 2.45) is 0 Å². The first-order chi connectivity index (χ1) is 12.1. The summed E-state index contributed by atoms with van der Waals surface area (Å²) in [5.41, 5.74) is 0.0915. The highest BCUT2D eigenvalue weighted by Gasteiger charge is 2.21. The molecular weight excluding hydrogens is 382 g/mol. The molecule has 0 aliphatic carbocycles. The predicted octanol–water partition coefficient (Wildman–Crippen LogP) is 3.56. The van der Waals surface area contributed by atoms with E-state index in [-0.39, 0.29) is 22.0 Å². The molecule has 2 rings (SSSR count). The lowest BCUT2D eigenvalue weighted by atomic mass is 10.1. The summed E-state index contributed by atoms with van der Waals surface area (Å²) in [6.07, 6.45) is 1.07. The topological polar surface area (TPSA) is 68.3 Å². The molecular formula is C18H16F2O4S2. The Hall–Kier alpha value is -2.06. The zero-order chi connectivity index (χ0) is 19.5. The Bertz CT molecular complexity index is 938. The van der Waals surface area contributed by atoms with Gasteiger partial charge in [0.25, 0.3) is 0 Å². The van der Waals surface area contributed by atoms with Crippen LogP contribution in [0.4, 0.5) is 8.78 Å². The van der Waals surface area contributed by atoms with Crippen molar-refractivity contribution in [2.75, 3.05) is 12.0 Å². The van der Waals surface area contributed by atoms with Crippen molar-refractivity contribution < 1.29 is 26.8 Å². The molecule has 2 aromatic rings. The van der Waals surface area contributed by atoms with Gasteiger partial charge in [-0.1, -0.05) is 12.1 Å². The number of halogens is 2. The van der Waals surface area contributed by atoms with Crippen molar-refractivity contribution in [3.63, 3.8) is 0 Å². The number of thioether (sulfide) groups is 1. The van der Waals surface area contributed by atoms with Crippen LogP contribution < -0.4 is 0 Å². The van der Waals surface area contributed by atoms with Crippen LogP contribution in [0.25, 0.3) is 0 Å². The Morgan fingerprint density at radius 1 is 1.08 bits per heavy atom. The average molecular weight is 398 g/mol. The number of carbonyl (C=O) groups excluding carboxylic acids is 2. The summed E-state index contributed by atoms with van der Waals surface area (Å²) in [7, 11) is -3.34. The molecule has 0 N–H and O–H groups in total. The van der Waals surface area contributed by atoms with Crippen LogP contribution in [0.2, 0.25) is 0 Å². The van der Waals surface area contributed by atoms with Crippen molar-refractivity contribution >= 4 is 33.2 Å². The molecule has 1 atom stereocenters. The lowest BCUT2D eigenvalue weighted by Gasteiger charge is -2.11. The Balaban J connectivity index is 2.01. The van der Waals surface area contributed by atoms with Gasteiger partial charge in [-0.3, -0.25) is 9.59 Å². The van der Waals surface area contributed by atoms with E-state index >= 15 is 0 Å². The Morgan fingerprint density at radius 2 is 1.69 bits per heavy atom. The number of carbonyl (C=O) groups is 2. The van der Waals surface area contributed by atoms with Gasteiger partial charge in [-0.2, -0.15) is 0 Å². The first-order valence-electron chi connectivity index (χ1n) is 7.54. The van der Waals surface area contributed by atoms with Gasteiger partial charge in [0.05, 0.1) is 21.5 Å². The van der Waals surface area contributed by atoms with E-state index in [1.165, 1.54) is 31.2 Å². The molecule has 26 heavy (non-hydrogen) atoms. The van der Waals surface area contributed by atoms with Gasteiger partial charge in [0.2, 0.25) is 0 Å². The highest BCUT2D eigenvalue weighted by molar-refractivity contribution is 8.01. The lowest BCUT2D eigenvalue weighted by molar-refractivity contribution is 0.0990. The van der Waals surface area contributed by atoms with Crippen molar-refractivity contribution in [1.82, 2.24) is 0 Å². The minimum atomic E-state index is -3.34. The molecule has 0 radical (unpaired) electrons. The van der Waals surface area contributed by atoms with Crippen LogP contribution >= 0.6 is 11.8 Å². The second-order valence-electron chi connectivity index (χ2n) is 5.66. The molecule has 138 valence electrons. The third-order valence-corrected chi connectivity index (χ3v) is 5.91. The second kappa shape index (κ2) is 8.09. The van der Waals surface area contributed by atoms with Crippen LogP contribution in [-0.4, -0.2) is 37.2 Å². The number of sulfone groups is 1. The van der Waals surface area contributed by atoms with Gasteiger partial charge in [0, 0.05) is 17.9 Å². The molecule has 2 aromatic carbocycles. The monoisotopic (exact) mass is 398 g/mol. The fourth-order valence-electron chi connectivity index (χ4n) is 2.16. The molecule has 0 aromatic heterocycles. The SMILES string of the molecule is CC(SCC(=O)c1ccc(S(C)(=O)=O)cc1)C(=O)c1ccc(F)cc1F. The smallest absolute Gasteiger partial charge is 0.178 e.